The molecule has 0 spiro atoms. The van der Waals surface area contributed by atoms with Crippen molar-refractivity contribution in [1.82, 2.24) is 4.98 Å². The van der Waals surface area contributed by atoms with Crippen molar-refractivity contribution in [2.24, 2.45) is 0 Å². The highest BCUT2D eigenvalue weighted by Crippen LogP contribution is 2.24. The summed E-state index contributed by atoms with van der Waals surface area (Å²) < 4.78 is 0. The van der Waals surface area contributed by atoms with Crippen molar-refractivity contribution in [3.8, 4) is 6.07 Å². The van der Waals surface area contributed by atoms with Gasteiger partial charge in [0, 0.05) is 5.02 Å². The van der Waals surface area contributed by atoms with Gasteiger partial charge in [-0.25, -0.2) is 4.98 Å². The lowest BCUT2D eigenvalue weighted by Gasteiger charge is -2.08. The van der Waals surface area contributed by atoms with Crippen LogP contribution in [0.4, 0.5) is 11.4 Å². The van der Waals surface area contributed by atoms with Gasteiger partial charge in [0.25, 0.3) is 0 Å². The molecule has 0 aliphatic heterocycles. The Morgan fingerprint density at radius 2 is 2.00 bits per heavy atom. The van der Waals surface area contributed by atoms with Gasteiger partial charge >= 0.3 is 0 Å². The number of nitriles is 1. The van der Waals surface area contributed by atoms with E-state index in [0.29, 0.717) is 21.4 Å². The smallest absolute Gasteiger partial charge is 0.129 e. The third-order valence-electron chi connectivity index (χ3n) is 2.11. The Bertz CT molecular complexity index is 573. The van der Waals surface area contributed by atoms with E-state index >= 15 is 0 Å². The quantitative estimate of drug-likeness (QED) is 0.834. The number of hydrogen-bond donors (Lipinski definition) is 1. The Hall–Kier alpha value is -1.76. The number of benzene rings is 1. The van der Waals surface area contributed by atoms with E-state index in [1.807, 2.05) is 0 Å². The summed E-state index contributed by atoms with van der Waals surface area (Å²) in [6, 6.07) is 10.6. The van der Waals surface area contributed by atoms with Gasteiger partial charge in [0.05, 0.1) is 23.1 Å². The van der Waals surface area contributed by atoms with Crippen molar-refractivity contribution in [1.29, 1.82) is 5.26 Å². The Kier molecular flexibility index (Phi) is 3.48. The van der Waals surface area contributed by atoms with Crippen molar-refractivity contribution in [2.75, 3.05) is 5.32 Å². The molecule has 0 atom stereocenters. The second kappa shape index (κ2) is 5.05. The fourth-order valence-electron chi connectivity index (χ4n) is 1.32. The molecule has 1 N–H and O–H groups in total. The van der Waals surface area contributed by atoms with Crippen molar-refractivity contribution < 1.29 is 0 Å². The maximum atomic E-state index is 8.96. The molecule has 0 saturated carbocycles. The average molecular weight is 264 g/mol. The maximum Gasteiger partial charge on any atom is 0.129 e. The number of aromatic nitrogens is 1. The summed E-state index contributed by atoms with van der Waals surface area (Å²) in [6.07, 6.45) is 1.59. The number of nitrogens with zero attached hydrogens (tertiary/aromatic N) is 2. The van der Waals surface area contributed by atoms with Crippen LogP contribution < -0.4 is 5.32 Å². The summed E-state index contributed by atoms with van der Waals surface area (Å²) in [7, 11) is 0. The van der Waals surface area contributed by atoms with Gasteiger partial charge in [-0.05, 0) is 30.3 Å². The fraction of sp³-hybridized carbons (Fsp3) is 0. The van der Waals surface area contributed by atoms with Gasteiger partial charge in [-0.15, -0.1) is 0 Å². The molecule has 17 heavy (non-hydrogen) atoms. The Morgan fingerprint density at radius 1 is 1.18 bits per heavy atom. The minimum Gasteiger partial charge on any atom is -0.353 e. The summed E-state index contributed by atoms with van der Waals surface area (Å²) in [5, 5.41) is 13.0. The first-order chi connectivity index (χ1) is 8.19. The molecule has 2 aromatic rings. The van der Waals surface area contributed by atoms with Crippen molar-refractivity contribution in [3.05, 3.63) is 52.3 Å². The highest BCUT2D eigenvalue weighted by molar-refractivity contribution is 6.31. The molecular weight excluding hydrogens is 257 g/mol. The summed E-state index contributed by atoms with van der Waals surface area (Å²) in [6.45, 7) is 0. The SMILES string of the molecule is N#Cc1ccc(Cl)cc1Nc1ccc(Cl)nc1. The molecule has 2 rings (SSSR count). The summed E-state index contributed by atoms with van der Waals surface area (Å²) in [5.41, 5.74) is 1.90. The Balaban J connectivity index is 2.32. The van der Waals surface area contributed by atoms with Crippen LogP contribution in [-0.4, -0.2) is 4.98 Å². The molecule has 1 aromatic heterocycles. The molecule has 0 aliphatic carbocycles. The molecule has 0 unspecified atom stereocenters. The Morgan fingerprint density at radius 3 is 2.65 bits per heavy atom. The zero-order valence-electron chi connectivity index (χ0n) is 8.61. The van der Waals surface area contributed by atoms with Gasteiger partial charge in [-0.1, -0.05) is 23.2 Å². The van der Waals surface area contributed by atoms with E-state index in [0.717, 1.165) is 5.69 Å². The van der Waals surface area contributed by atoms with E-state index in [9.17, 15) is 0 Å². The Labute approximate surface area is 109 Å². The molecule has 84 valence electrons. The first kappa shape index (κ1) is 11.7. The van der Waals surface area contributed by atoms with Gasteiger partial charge in [0.15, 0.2) is 0 Å². The zero-order chi connectivity index (χ0) is 12.3. The second-order valence-electron chi connectivity index (χ2n) is 3.30. The van der Waals surface area contributed by atoms with Gasteiger partial charge in [0.1, 0.15) is 11.2 Å². The van der Waals surface area contributed by atoms with E-state index in [2.05, 4.69) is 16.4 Å². The standard InChI is InChI=1S/C12H7Cl2N3/c13-9-2-1-8(6-15)11(5-9)17-10-3-4-12(14)16-7-10/h1-5,7,17H. The predicted molar refractivity (Wildman–Crippen MR) is 68.7 cm³/mol. The van der Waals surface area contributed by atoms with E-state index in [1.54, 1.807) is 36.5 Å². The van der Waals surface area contributed by atoms with Crippen molar-refractivity contribution >= 4 is 34.6 Å². The first-order valence-electron chi connectivity index (χ1n) is 4.77. The van der Waals surface area contributed by atoms with Crippen LogP contribution in [0, 0.1) is 11.3 Å². The molecule has 1 heterocycles. The molecule has 0 aliphatic rings. The van der Waals surface area contributed by atoms with Gasteiger partial charge in [0.2, 0.25) is 0 Å². The minimum absolute atomic E-state index is 0.419. The normalized spacial score (nSPS) is 9.71. The van der Waals surface area contributed by atoms with Gasteiger partial charge < -0.3 is 5.32 Å². The summed E-state index contributed by atoms with van der Waals surface area (Å²) in [5.74, 6) is 0. The molecule has 3 nitrogen and oxygen atoms in total. The summed E-state index contributed by atoms with van der Waals surface area (Å²) in [4.78, 5) is 3.94. The topological polar surface area (TPSA) is 48.7 Å². The van der Waals surface area contributed by atoms with Crippen LogP contribution in [-0.2, 0) is 0 Å². The predicted octanol–water partition coefficient (Wildman–Crippen LogP) is 4.00. The molecular formula is C12H7Cl2N3. The molecule has 0 bridgehead atoms. The minimum atomic E-state index is 0.419. The lowest BCUT2D eigenvalue weighted by Crippen LogP contribution is -1.94. The molecule has 1 aromatic carbocycles. The third kappa shape index (κ3) is 2.88. The van der Waals surface area contributed by atoms with E-state index < -0.39 is 0 Å². The van der Waals surface area contributed by atoms with E-state index in [4.69, 9.17) is 28.5 Å². The van der Waals surface area contributed by atoms with Crippen LogP contribution >= 0.6 is 23.2 Å². The maximum absolute atomic E-state index is 8.96. The van der Waals surface area contributed by atoms with Crippen LogP contribution in [0.5, 0.6) is 0 Å². The molecule has 0 fully saturated rings. The number of rotatable bonds is 2. The van der Waals surface area contributed by atoms with Crippen LogP contribution in [0.2, 0.25) is 10.2 Å². The number of anilines is 2. The van der Waals surface area contributed by atoms with Crippen LogP contribution in [0.25, 0.3) is 0 Å². The molecule has 0 saturated heterocycles. The number of pyridine rings is 1. The van der Waals surface area contributed by atoms with Gasteiger partial charge in [-0.2, -0.15) is 5.26 Å². The first-order valence-corrected chi connectivity index (χ1v) is 5.53. The molecule has 5 heteroatoms. The van der Waals surface area contributed by atoms with Crippen molar-refractivity contribution in [3.63, 3.8) is 0 Å². The zero-order valence-corrected chi connectivity index (χ0v) is 10.1. The molecule has 0 amide bonds. The number of halogens is 2. The number of nitrogens with one attached hydrogen (secondary N) is 1. The second-order valence-corrected chi connectivity index (χ2v) is 4.12. The lowest BCUT2D eigenvalue weighted by molar-refractivity contribution is 1.32. The highest BCUT2D eigenvalue weighted by atomic mass is 35.5. The van der Waals surface area contributed by atoms with E-state index in [-0.39, 0.29) is 0 Å². The van der Waals surface area contributed by atoms with Gasteiger partial charge in [-0.3, -0.25) is 0 Å². The molecule has 0 radical (unpaired) electrons. The largest absolute Gasteiger partial charge is 0.353 e. The number of hydrogen-bond acceptors (Lipinski definition) is 3. The van der Waals surface area contributed by atoms with Crippen LogP contribution in [0.15, 0.2) is 36.5 Å². The summed E-state index contributed by atoms with van der Waals surface area (Å²) >= 11 is 11.6. The average Bonchev–Trinajstić information content (AvgIpc) is 2.32. The van der Waals surface area contributed by atoms with Crippen LogP contribution in [0.3, 0.4) is 0 Å². The van der Waals surface area contributed by atoms with Crippen LogP contribution in [0.1, 0.15) is 5.56 Å². The lowest BCUT2D eigenvalue weighted by atomic mass is 10.2. The van der Waals surface area contributed by atoms with E-state index in [1.165, 1.54) is 0 Å². The van der Waals surface area contributed by atoms with Crippen molar-refractivity contribution in [2.45, 2.75) is 0 Å². The third-order valence-corrected chi connectivity index (χ3v) is 2.57. The highest BCUT2D eigenvalue weighted by Gasteiger charge is 2.03. The fourth-order valence-corrected chi connectivity index (χ4v) is 1.61. The monoisotopic (exact) mass is 263 g/mol.